The van der Waals surface area contributed by atoms with Gasteiger partial charge in [0.1, 0.15) is 11.3 Å². The summed E-state index contributed by atoms with van der Waals surface area (Å²) in [5, 5.41) is 13.3. The molecular formula is C23H30N2O3S2. The quantitative estimate of drug-likeness (QED) is 0.324. The third-order valence-corrected chi connectivity index (χ3v) is 6.84. The molecule has 0 spiro atoms. The number of aromatic hydroxyl groups is 1. The fraction of sp³-hybridized carbons (Fsp3) is 0.435. The molecule has 0 bridgehead atoms. The predicted molar refractivity (Wildman–Crippen MR) is 128 cm³/mol. The molecule has 0 saturated heterocycles. The molecule has 5 nitrogen and oxygen atoms in total. The monoisotopic (exact) mass is 446 g/mol. The van der Waals surface area contributed by atoms with Crippen LogP contribution < -0.4 is 10.2 Å². The van der Waals surface area contributed by atoms with Gasteiger partial charge >= 0.3 is 4.87 Å². The van der Waals surface area contributed by atoms with Crippen LogP contribution in [0.2, 0.25) is 0 Å². The Morgan fingerprint density at radius 3 is 2.70 bits per heavy atom. The highest BCUT2D eigenvalue weighted by Gasteiger charge is 2.09. The zero-order chi connectivity index (χ0) is 21.0. The van der Waals surface area contributed by atoms with Crippen molar-refractivity contribution in [1.82, 2.24) is 10.3 Å². The molecule has 0 fully saturated rings. The number of phenolic OH excluding ortho intramolecular Hbond substituents is 1. The summed E-state index contributed by atoms with van der Waals surface area (Å²) in [5.41, 5.74) is 3.03. The average Bonchev–Trinajstić information content (AvgIpc) is 3.16. The Kier molecular flexibility index (Phi) is 9.76. The lowest BCUT2D eigenvalue weighted by Crippen LogP contribution is -2.20. The van der Waals surface area contributed by atoms with Gasteiger partial charge in [0, 0.05) is 25.5 Å². The van der Waals surface area contributed by atoms with Crippen LogP contribution in [0, 0.1) is 0 Å². The van der Waals surface area contributed by atoms with E-state index in [1.165, 1.54) is 5.56 Å². The van der Waals surface area contributed by atoms with Gasteiger partial charge in [-0.25, -0.2) is 0 Å². The van der Waals surface area contributed by atoms with Gasteiger partial charge in [-0.05, 0) is 55.2 Å². The summed E-state index contributed by atoms with van der Waals surface area (Å²) in [4.78, 5) is 14.1. The molecule has 3 aromatic rings. The van der Waals surface area contributed by atoms with Crippen LogP contribution in [0.5, 0.6) is 5.75 Å². The van der Waals surface area contributed by atoms with Crippen molar-refractivity contribution in [2.24, 2.45) is 0 Å². The summed E-state index contributed by atoms with van der Waals surface area (Å²) in [6.45, 7) is 3.50. The van der Waals surface area contributed by atoms with Crippen molar-refractivity contribution in [1.29, 1.82) is 0 Å². The van der Waals surface area contributed by atoms with Crippen molar-refractivity contribution in [3.8, 4) is 5.75 Å². The van der Waals surface area contributed by atoms with Gasteiger partial charge in [-0.1, -0.05) is 47.7 Å². The molecule has 30 heavy (non-hydrogen) atoms. The highest BCUT2D eigenvalue weighted by molar-refractivity contribution is 7.99. The summed E-state index contributed by atoms with van der Waals surface area (Å²) in [6, 6.07) is 14.1. The Bertz CT molecular complexity index is 941. The number of aromatic nitrogens is 1. The maximum Gasteiger partial charge on any atom is 0.305 e. The van der Waals surface area contributed by atoms with Gasteiger partial charge in [0.25, 0.3) is 0 Å². The minimum absolute atomic E-state index is 0.128. The van der Waals surface area contributed by atoms with Crippen LogP contribution in [0.4, 0.5) is 0 Å². The number of benzene rings is 2. The third-order valence-electron chi connectivity index (χ3n) is 4.81. The van der Waals surface area contributed by atoms with Crippen LogP contribution in [0.15, 0.2) is 47.3 Å². The van der Waals surface area contributed by atoms with E-state index in [1.807, 2.05) is 23.9 Å². The second-order valence-corrected chi connectivity index (χ2v) is 9.34. The molecule has 0 aliphatic carbocycles. The maximum absolute atomic E-state index is 11.6. The number of hydrogen-bond acceptors (Lipinski definition) is 6. The van der Waals surface area contributed by atoms with Gasteiger partial charge in [-0.2, -0.15) is 11.8 Å². The van der Waals surface area contributed by atoms with Crippen molar-refractivity contribution in [3.05, 3.63) is 63.3 Å². The first kappa shape index (κ1) is 22.9. The molecule has 1 aromatic heterocycles. The molecule has 0 radical (unpaired) electrons. The van der Waals surface area contributed by atoms with Crippen LogP contribution in [0.25, 0.3) is 10.2 Å². The Labute approximate surface area is 185 Å². The fourth-order valence-corrected chi connectivity index (χ4v) is 4.96. The van der Waals surface area contributed by atoms with Gasteiger partial charge in [0.2, 0.25) is 0 Å². The lowest BCUT2D eigenvalue weighted by atomic mass is 10.1. The lowest BCUT2D eigenvalue weighted by Gasteiger charge is -2.07. The second-order valence-electron chi connectivity index (χ2n) is 7.13. The number of aromatic amines is 1. The zero-order valence-electron chi connectivity index (χ0n) is 17.2. The van der Waals surface area contributed by atoms with Crippen LogP contribution >= 0.6 is 23.1 Å². The number of rotatable bonds is 14. The number of nitrogens with one attached hydrogen (secondary N) is 2. The number of H-pyrrole nitrogens is 1. The molecule has 0 aliphatic heterocycles. The molecule has 162 valence electrons. The number of ether oxygens (including phenoxy) is 1. The molecule has 1 heterocycles. The van der Waals surface area contributed by atoms with Crippen molar-refractivity contribution in [3.63, 3.8) is 0 Å². The van der Waals surface area contributed by atoms with Crippen LogP contribution in [-0.4, -0.2) is 47.9 Å². The van der Waals surface area contributed by atoms with Crippen LogP contribution in [0.1, 0.15) is 24.0 Å². The number of aryl methyl sites for hydroxylation is 1. The number of fused-ring (bicyclic) bond motifs is 1. The van der Waals surface area contributed by atoms with Crippen LogP contribution in [-0.2, 0) is 17.6 Å². The highest BCUT2D eigenvalue weighted by Crippen LogP contribution is 2.27. The van der Waals surface area contributed by atoms with Crippen molar-refractivity contribution >= 4 is 33.3 Å². The van der Waals surface area contributed by atoms with Gasteiger partial charge in [0.05, 0.1) is 4.70 Å². The van der Waals surface area contributed by atoms with Crippen LogP contribution in [0.3, 0.4) is 0 Å². The van der Waals surface area contributed by atoms with Gasteiger partial charge in [0.15, 0.2) is 0 Å². The largest absolute Gasteiger partial charge is 0.506 e. The number of hydrogen-bond donors (Lipinski definition) is 3. The van der Waals surface area contributed by atoms with E-state index >= 15 is 0 Å². The summed E-state index contributed by atoms with van der Waals surface area (Å²) in [7, 11) is 0. The molecule has 7 heteroatoms. The molecule has 0 amide bonds. The molecule has 0 aliphatic rings. The highest BCUT2D eigenvalue weighted by atomic mass is 32.2. The van der Waals surface area contributed by atoms with Gasteiger partial charge < -0.3 is 20.1 Å². The summed E-state index contributed by atoms with van der Waals surface area (Å²) >= 11 is 3.11. The lowest BCUT2D eigenvalue weighted by molar-refractivity contribution is 0.133. The molecule has 0 unspecified atom stereocenters. The van der Waals surface area contributed by atoms with E-state index in [4.69, 9.17) is 4.74 Å². The van der Waals surface area contributed by atoms with E-state index in [0.717, 1.165) is 85.1 Å². The molecule has 3 N–H and O–H groups in total. The first-order valence-electron chi connectivity index (χ1n) is 10.5. The minimum atomic E-state index is -0.128. The van der Waals surface area contributed by atoms with E-state index in [2.05, 4.69) is 34.6 Å². The summed E-state index contributed by atoms with van der Waals surface area (Å²) < 4.78 is 6.59. The number of phenols is 1. The predicted octanol–water partition coefficient (Wildman–Crippen LogP) is 4.20. The molecule has 2 aromatic carbocycles. The fourth-order valence-electron chi connectivity index (χ4n) is 3.25. The van der Waals surface area contributed by atoms with Crippen molar-refractivity contribution in [2.75, 3.05) is 37.8 Å². The van der Waals surface area contributed by atoms with Gasteiger partial charge in [-0.3, -0.25) is 4.79 Å². The van der Waals surface area contributed by atoms with Gasteiger partial charge in [-0.15, -0.1) is 0 Å². The van der Waals surface area contributed by atoms with E-state index < -0.39 is 0 Å². The summed E-state index contributed by atoms with van der Waals surface area (Å²) in [5.74, 6) is 2.34. The SMILES string of the molecule is O=c1[nH]c2c(O)ccc(CCNCCSCCCOCCCc3ccccc3)c2s1. The molecular weight excluding hydrogens is 416 g/mol. The number of thioether (sulfide) groups is 1. The smallest absolute Gasteiger partial charge is 0.305 e. The number of thiazole rings is 1. The third kappa shape index (κ3) is 7.47. The van der Waals surface area contributed by atoms with Crippen molar-refractivity contribution in [2.45, 2.75) is 25.7 Å². The molecule has 0 saturated carbocycles. The summed E-state index contributed by atoms with van der Waals surface area (Å²) in [6.07, 6.45) is 4.09. The second kappa shape index (κ2) is 12.8. The Hall–Kier alpha value is -1.80. The zero-order valence-corrected chi connectivity index (χ0v) is 18.8. The topological polar surface area (TPSA) is 74.4 Å². The van der Waals surface area contributed by atoms with E-state index in [0.29, 0.717) is 5.52 Å². The van der Waals surface area contributed by atoms with E-state index in [9.17, 15) is 9.90 Å². The Balaban J connectivity index is 1.16. The molecule has 0 atom stereocenters. The average molecular weight is 447 g/mol. The maximum atomic E-state index is 11.6. The molecule has 3 rings (SSSR count). The standard InChI is InChI=1S/C23H30N2O3S2/c26-20-10-9-19(22-21(20)25-23(27)30-22)11-12-24-13-17-29-16-5-15-28-14-4-8-18-6-2-1-3-7-18/h1-3,6-7,9-10,24,26H,4-5,8,11-17H2,(H,25,27). The normalized spacial score (nSPS) is 11.3. The van der Waals surface area contributed by atoms with E-state index in [1.54, 1.807) is 6.07 Å². The first-order valence-corrected chi connectivity index (χ1v) is 12.4. The van der Waals surface area contributed by atoms with E-state index in [-0.39, 0.29) is 10.6 Å². The minimum Gasteiger partial charge on any atom is -0.506 e. The Morgan fingerprint density at radius 2 is 1.83 bits per heavy atom. The van der Waals surface area contributed by atoms with Crippen molar-refractivity contribution < 1.29 is 9.84 Å². The first-order chi connectivity index (χ1) is 14.7. The Morgan fingerprint density at radius 1 is 1.00 bits per heavy atom.